The van der Waals surface area contributed by atoms with Gasteiger partial charge < -0.3 is 4.79 Å². The molecule has 0 aliphatic heterocycles. The molecule has 0 bridgehead atoms. The van der Waals surface area contributed by atoms with Crippen LogP contribution >= 0.6 is 0 Å². The summed E-state index contributed by atoms with van der Waals surface area (Å²) in [7, 11) is 0. The summed E-state index contributed by atoms with van der Waals surface area (Å²) in [5, 5.41) is 0. The minimum atomic E-state index is 0.717. The minimum Gasteiger partial charge on any atom is -0.303 e. The molecule has 0 saturated heterocycles. The van der Waals surface area contributed by atoms with E-state index >= 15 is 0 Å². The summed E-state index contributed by atoms with van der Waals surface area (Å²) in [6, 6.07) is 0. The average molecular weight is 224 g/mol. The highest BCUT2D eigenvalue weighted by molar-refractivity contribution is 5.49. The lowest BCUT2D eigenvalue weighted by molar-refractivity contribution is -0.108. The van der Waals surface area contributed by atoms with E-state index < -0.39 is 0 Å². The third-order valence-electron chi connectivity index (χ3n) is 4.11. The number of carbonyl (C=O) groups is 1. The van der Waals surface area contributed by atoms with E-state index in [9.17, 15) is 4.79 Å². The van der Waals surface area contributed by atoms with Crippen LogP contribution < -0.4 is 0 Å². The maximum Gasteiger partial charge on any atom is 0.120 e. The second-order valence-corrected chi connectivity index (χ2v) is 5.49. The predicted octanol–water partition coefficient (Wildman–Crippen LogP) is 4.74. The number of hydrogen-bond acceptors (Lipinski definition) is 1. The van der Waals surface area contributed by atoms with Crippen molar-refractivity contribution in [1.82, 2.24) is 0 Å². The van der Waals surface area contributed by atoms with Gasteiger partial charge in [-0.05, 0) is 24.7 Å². The second kappa shape index (κ2) is 8.78. The number of carbonyl (C=O) groups excluding carboxylic acids is 1. The number of aldehydes is 1. The van der Waals surface area contributed by atoms with Crippen LogP contribution in [0, 0.1) is 11.8 Å². The van der Waals surface area contributed by atoms with Crippen molar-refractivity contribution >= 4 is 6.29 Å². The summed E-state index contributed by atoms with van der Waals surface area (Å²) in [6.07, 6.45) is 15.8. The van der Waals surface area contributed by atoms with E-state index in [0.29, 0.717) is 5.92 Å². The van der Waals surface area contributed by atoms with Gasteiger partial charge in [0, 0.05) is 6.42 Å². The molecular formula is C15H28O. The highest BCUT2D eigenvalue weighted by atomic mass is 16.1. The SMILES string of the molecule is CCCCCCCC1CCC(CC=O)CC1. The fraction of sp³-hybridized carbons (Fsp3) is 0.933. The van der Waals surface area contributed by atoms with E-state index in [2.05, 4.69) is 6.92 Å². The van der Waals surface area contributed by atoms with Gasteiger partial charge in [-0.1, -0.05) is 58.3 Å². The quantitative estimate of drug-likeness (QED) is 0.430. The van der Waals surface area contributed by atoms with Gasteiger partial charge >= 0.3 is 0 Å². The molecule has 0 amide bonds. The summed E-state index contributed by atoms with van der Waals surface area (Å²) in [4.78, 5) is 10.4. The zero-order chi connectivity index (χ0) is 11.6. The average Bonchev–Trinajstić information content (AvgIpc) is 2.31. The first kappa shape index (κ1) is 13.7. The van der Waals surface area contributed by atoms with Gasteiger partial charge in [0.1, 0.15) is 6.29 Å². The van der Waals surface area contributed by atoms with Crippen molar-refractivity contribution in [2.24, 2.45) is 11.8 Å². The monoisotopic (exact) mass is 224 g/mol. The second-order valence-electron chi connectivity index (χ2n) is 5.49. The fourth-order valence-corrected chi connectivity index (χ4v) is 2.93. The molecule has 0 aromatic rings. The van der Waals surface area contributed by atoms with E-state index in [0.717, 1.165) is 18.6 Å². The first-order valence-corrected chi connectivity index (χ1v) is 7.30. The molecule has 1 heteroatoms. The summed E-state index contributed by atoms with van der Waals surface area (Å²) in [5.74, 6) is 1.69. The largest absolute Gasteiger partial charge is 0.303 e. The van der Waals surface area contributed by atoms with Gasteiger partial charge in [0.15, 0.2) is 0 Å². The molecule has 1 rings (SSSR count). The minimum absolute atomic E-state index is 0.717. The molecule has 1 nitrogen and oxygen atoms in total. The van der Waals surface area contributed by atoms with Gasteiger partial charge in [0.2, 0.25) is 0 Å². The van der Waals surface area contributed by atoms with Crippen molar-refractivity contribution in [1.29, 1.82) is 0 Å². The van der Waals surface area contributed by atoms with Crippen LogP contribution in [0.25, 0.3) is 0 Å². The first-order chi connectivity index (χ1) is 7.86. The standard InChI is InChI=1S/C15H28O/c1-2-3-4-5-6-7-14-8-10-15(11-9-14)12-13-16/h13-15H,2-12H2,1H3. The summed E-state index contributed by atoms with van der Waals surface area (Å²) >= 11 is 0. The summed E-state index contributed by atoms with van der Waals surface area (Å²) in [5.41, 5.74) is 0. The molecule has 1 aliphatic carbocycles. The summed E-state index contributed by atoms with van der Waals surface area (Å²) in [6.45, 7) is 2.27. The molecule has 0 N–H and O–H groups in total. The highest BCUT2D eigenvalue weighted by Gasteiger charge is 2.20. The Morgan fingerprint density at radius 2 is 1.56 bits per heavy atom. The van der Waals surface area contributed by atoms with Crippen molar-refractivity contribution < 1.29 is 4.79 Å². The molecule has 0 aromatic carbocycles. The van der Waals surface area contributed by atoms with Crippen LogP contribution in [0.15, 0.2) is 0 Å². The van der Waals surface area contributed by atoms with Gasteiger partial charge in [-0.25, -0.2) is 0 Å². The van der Waals surface area contributed by atoms with Gasteiger partial charge in [-0.3, -0.25) is 0 Å². The zero-order valence-corrected chi connectivity index (χ0v) is 10.9. The molecule has 0 radical (unpaired) electrons. The lowest BCUT2D eigenvalue weighted by Crippen LogP contribution is -2.14. The van der Waals surface area contributed by atoms with Crippen LogP contribution in [0.3, 0.4) is 0 Å². The highest BCUT2D eigenvalue weighted by Crippen LogP contribution is 2.33. The fourth-order valence-electron chi connectivity index (χ4n) is 2.93. The molecule has 1 aliphatic rings. The molecule has 0 unspecified atom stereocenters. The molecule has 1 fully saturated rings. The molecule has 0 spiro atoms. The molecule has 1 saturated carbocycles. The van der Waals surface area contributed by atoms with Crippen molar-refractivity contribution in [3.63, 3.8) is 0 Å². The van der Waals surface area contributed by atoms with Gasteiger partial charge in [0.25, 0.3) is 0 Å². The van der Waals surface area contributed by atoms with Crippen LogP contribution in [0.1, 0.15) is 77.6 Å². The van der Waals surface area contributed by atoms with E-state index in [1.54, 1.807) is 0 Å². The van der Waals surface area contributed by atoms with Crippen LogP contribution in [-0.2, 0) is 4.79 Å². The van der Waals surface area contributed by atoms with Crippen molar-refractivity contribution in [3.8, 4) is 0 Å². The number of rotatable bonds is 8. The number of hydrogen-bond donors (Lipinski definition) is 0. The van der Waals surface area contributed by atoms with Crippen LogP contribution in [0.4, 0.5) is 0 Å². The Balaban J connectivity index is 1.97. The van der Waals surface area contributed by atoms with E-state index in [1.807, 2.05) is 0 Å². The van der Waals surface area contributed by atoms with E-state index in [4.69, 9.17) is 0 Å². The predicted molar refractivity (Wildman–Crippen MR) is 69.5 cm³/mol. The Morgan fingerprint density at radius 3 is 2.19 bits per heavy atom. The molecule has 16 heavy (non-hydrogen) atoms. The molecular weight excluding hydrogens is 196 g/mol. The molecule has 94 valence electrons. The molecule has 0 atom stereocenters. The first-order valence-electron chi connectivity index (χ1n) is 7.30. The van der Waals surface area contributed by atoms with Gasteiger partial charge in [-0.15, -0.1) is 0 Å². The van der Waals surface area contributed by atoms with Crippen molar-refractivity contribution in [3.05, 3.63) is 0 Å². The molecule has 0 aromatic heterocycles. The topological polar surface area (TPSA) is 17.1 Å². The normalized spacial score (nSPS) is 25.6. The van der Waals surface area contributed by atoms with Crippen LogP contribution in [0.2, 0.25) is 0 Å². The Morgan fingerprint density at radius 1 is 0.938 bits per heavy atom. The molecule has 0 heterocycles. The lowest BCUT2D eigenvalue weighted by Gasteiger charge is -2.27. The van der Waals surface area contributed by atoms with Crippen molar-refractivity contribution in [2.75, 3.05) is 0 Å². The van der Waals surface area contributed by atoms with Crippen molar-refractivity contribution in [2.45, 2.75) is 77.6 Å². The Bertz CT molecular complexity index is 168. The third-order valence-corrected chi connectivity index (χ3v) is 4.11. The third kappa shape index (κ3) is 5.67. The van der Waals surface area contributed by atoms with E-state index in [1.165, 1.54) is 64.2 Å². The Kier molecular flexibility index (Phi) is 7.54. The van der Waals surface area contributed by atoms with E-state index in [-0.39, 0.29) is 0 Å². The van der Waals surface area contributed by atoms with Gasteiger partial charge in [-0.2, -0.15) is 0 Å². The van der Waals surface area contributed by atoms with Gasteiger partial charge in [0.05, 0.1) is 0 Å². The maximum atomic E-state index is 10.4. The lowest BCUT2D eigenvalue weighted by atomic mass is 9.79. The smallest absolute Gasteiger partial charge is 0.120 e. The van der Waals surface area contributed by atoms with Crippen LogP contribution in [0.5, 0.6) is 0 Å². The van der Waals surface area contributed by atoms with Crippen LogP contribution in [-0.4, -0.2) is 6.29 Å². The maximum absolute atomic E-state index is 10.4. The summed E-state index contributed by atoms with van der Waals surface area (Å²) < 4.78 is 0. The zero-order valence-electron chi connectivity index (χ0n) is 10.9. The Labute approximate surface area is 101 Å². The number of unbranched alkanes of at least 4 members (excludes halogenated alkanes) is 4. The Hall–Kier alpha value is -0.330.